The molecule has 1 aromatic heterocycles. The first-order valence-electron chi connectivity index (χ1n) is 12.9. The first-order valence-corrected chi connectivity index (χ1v) is 13.6. The highest BCUT2D eigenvalue weighted by Gasteiger charge is 2.36. The van der Waals surface area contributed by atoms with Crippen LogP contribution in [0.3, 0.4) is 0 Å². The summed E-state index contributed by atoms with van der Waals surface area (Å²) >= 11 is 0.733. The van der Waals surface area contributed by atoms with Gasteiger partial charge >= 0.3 is 0 Å². The molecule has 3 amide bonds. The van der Waals surface area contributed by atoms with Crippen LogP contribution in [0.4, 0.5) is 17.1 Å². The van der Waals surface area contributed by atoms with E-state index in [2.05, 4.69) is 9.69 Å². The fraction of sp³-hybridized carbons (Fsp3) is 0.200. The molecule has 4 aromatic rings. The Morgan fingerprint density at radius 3 is 2.14 bits per heavy atom. The van der Waals surface area contributed by atoms with Gasteiger partial charge in [0.25, 0.3) is 11.8 Å². The summed E-state index contributed by atoms with van der Waals surface area (Å²) in [6, 6.07) is 20.4. The summed E-state index contributed by atoms with van der Waals surface area (Å²) in [7, 11) is 6.77. The van der Waals surface area contributed by atoms with Gasteiger partial charge in [0, 0.05) is 38.1 Å². The minimum atomic E-state index is -1.16. The largest absolute Gasteiger partial charge is 0.493 e. The second-order valence-corrected chi connectivity index (χ2v) is 10.2. The topological polar surface area (TPSA) is 153 Å². The molecule has 1 heterocycles. The summed E-state index contributed by atoms with van der Waals surface area (Å²) < 4.78 is 14.9. The lowest BCUT2D eigenvalue weighted by Gasteiger charge is -2.32. The van der Waals surface area contributed by atoms with Gasteiger partial charge in [-0.2, -0.15) is 4.37 Å². The van der Waals surface area contributed by atoms with Crippen LogP contribution in [0.1, 0.15) is 37.3 Å². The average Bonchev–Trinajstić information content (AvgIpc) is 3.40. The van der Waals surface area contributed by atoms with Crippen LogP contribution in [0.15, 0.2) is 72.8 Å². The van der Waals surface area contributed by atoms with Crippen LogP contribution in [0.5, 0.6) is 11.5 Å². The Balaban J connectivity index is 1.89. The third kappa shape index (κ3) is 6.28. The van der Waals surface area contributed by atoms with Crippen LogP contribution in [0, 0.1) is 0 Å². The Morgan fingerprint density at radius 1 is 0.929 bits per heavy atom. The number of nitrogen functional groups attached to an aromatic ring is 1. The third-order valence-electron chi connectivity index (χ3n) is 6.56. The Kier molecular flexibility index (Phi) is 9.28. The highest BCUT2D eigenvalue weighted by atomic mass is 32.1. The average molecular weight is 589 g/mol. The number of carbonyl (C=O) groups excluding carboxylic acids is 3. The number of rotatable bonds is 11. The van der Waals surface area contributed by atoms with Crippen molar-refractivity contribution in [1.29, 1.82) is 0 Å². The summed E-state index contributed by atoms with van der Waals surface area (Å²) in [5.41, 5.74) is 13.9. The third-order valence-corrected chi connectivity index (χ3v) is 7.41. The van der Waals surface area contributed by atoms with E-state index in [4.69, 9.17) is 20.9 Å². The molecule has 0 bridgehead atoms. The zero-order valence-corrected chi connectivity index (χ0v) is 24.5. The van der Waals surface area contributed by atoms with Gasteiger partial charge in [-0.05, 0) is 46.9 Å². The van der Waals surface area contributed by atoms with Gasteiger partial charge in [-0.15, -0.1) is 0 Å². The van der Waals surface area contributed by atoms with E-state index < -0.39 is 23.8 Å². The molecule has 0 saturated carbocycles. The number of ether oxygens (including phenoxy) is 2. The number of hydrogen-bond donors (Lipinski definition) is 3. The smallest absolute Gasteiger partial charge is 0.273 e. The van der Waals surface area contributed by atoms with Crippen molar-refractivity contribution in [3.8, 4) is 11.5 Å². The summed E-state index contributed by atoms with van der Waals surface area (Å²) in [4.78, 5) is 43.5. The number of methoxy groups -OCH3 is 2. The summed E-state index contributed by atoms with van der Waals surface area (Å²) in [6.07, 6.45) is 0. The van der Waals surface area contributed by atoms with Gasteiger partial charge in [-0.3, -0.25) is 19.3 Å². The van der Waals surface area contributed by atoms with Crippen molar-refractivity contribution in [3.05, 3.63) is 94.5 Å². The van der Waals surface area contributed by atoms with Crippen molar-refractivity contribution < 1.29 is 23.9 Å². The molecule has 12 heteroatoms. The Morgan fingerprint density at radius 2 is 1.57 bits per heavy atom. The van der Waals surface area contributed by atoms with Gasteiger partial charge in [-0.25, -0.2) is 0 Å². The first-order chi connectivity index (χ1) is 20.2. The van der Waals surface area contributed by atoms with Crippen LogP contribution in [0.2, 0.25) is 0 Å². The van der Waals surface area contributed by atoms with E-state index in [0.29, 0.717) is 22.7 Å². The van der Waals surface area contributed by atoms with Crippen LogP contribution in [0.25, 0.3) is 0 Å². The first kappa shape index (κ1) is 29.9. The molecule has 42 heavy (non-hydrogen) atoms. The second kappa shape index (κ2) is 13.0. The van der Waals surface area contributed by atoms with E-state index in [9.17, 15) is 14.4 Å². The number of nitrogens with one attached hydrogen (secondary N) is 1. The Labute approximate surface area is 247 Å². The van der Waals surface area contributed by atoms with E-state index in [-0.39, 0.29) is 22.8 Å². The maximum absolute atomic E-state index is 14.3. The number of amides is 3. The number of anilines is 3. The van der Waals surface area contributed by atoms with Crippen molar-refractivity contribution in [2.45, 2.75) is 12.6 Å². The molecular formula is C30H32N6O5S. The van der Waals surface area contributed by atoms with Gasteiger partial charge in [0.15, 0.2) is 17.2 Å². The molecule has 0 unspecified atom stereocenters. The van der Waals surface area contributed by atoms with Gasteiger partial charge in [0.05, 0.1) is 19.9 Å². The normalized spacial score (nSPS) is 11.3. The Hall–Kier alpha value is -5.10. The van der Waals surface area contributed by atoms with E-state index in [1.54, 1.807) is 30.3 Å². The van der Waals surface area contributed by atoms with Crippen molar-refractivity contribution in [3.63, 3.8) is 0 Å². The molecule has 0 aliphatic rings. The van der Waals surface area contributed by atoms with E-state index in [0.717, 1.165) is 22.8 Å². The van der Waals surface area contributed by atoms with Crippen molar-refractivity contribution in [2.75, 3.05) is 43.8 Å². The van der Waals surface area contributed by atoms with Gasteiger partial charge in [-0.1, -0.05) is 42.5 Å². The highest BCUT2D eigenvalue weighted by Crippen LogP contribution is 2.38. The highest BCUT2D eigenvalue weighted by molar-refractivity contribution is 7.09. The molecule has 0 spiro atoms. The standard InChI is InChI=1S/C30H32N6O5S/c1-35(2)20-12-10-19(11-13-20)26(29(38)33-17-18-8-6-5-7-9-18)36(21-14-15-22(40-3)23(16-21)41-4)30(39)27-24(31)25(28(32)37)34-42-27/h5-16,26H,17,31H2,1-4H3,(H2,32,37)(H,33,38)/t26-/m0/s1. The van der Waals surface area contributed by atoms with Crippen LogP contribution in [-0.2, 0) is 11.3 Å². The SMILES string of the molecule is COc1ccc(N(C(=O)c2snc(C(N)=O)c2N)[C@H](C(=O)NCc2ccccc2)c2ccc(N(C)C)cc2)cc1OC. The number of hydrogen-bond acceptors (Lipinski definition) is 9. The molecule has 3 aromatic carbocycles. The van der Waals surface area contributed by atoms with Crippen molar-refractivity contribution >= 4 is 46.3 Å². The zero-order valence-electron chi connectivity index (χ0n) is 23.7. The van der Waals surface area contributed by atoms with E-state index in [1.807, 2.05) is 61.5 Å². The molecule has 4 rings (SSSR count). The minimum absolute atomic E-state index is 0.0376. The molecule has 1 atom stereocenters. The molecule has 0 aliphatic carbocycles. The number of nitrogens with two attached hydrogens (primary N) is 2. The van der Waals surface area contributed by atoms with E-state index >= 15 is 0 Å². The molecule has 0 fully saturated rings. The molecular weight excluding hydrogens is 556 g/mol. The molecule has 0 aliphatic heterocycles. The van der Waals surface area contributed by atoms with Crippen LogP contribution >= 0.6 is 11.5 Å². The number of aromatic nitrogens is 1. The maximum Gasteiger partial charge on any atom is 0.273 e. The quantitative estimate of drug-likeness (QED) is 0.240. The fourth-order valence-corrected chi connectivity index (χ4v) is 5.09. The lowest BCUT2D eigenvalue weighted by atomic mass is 10.0. The Bertz CT molecular complexity index is 1570. The summed E-state index contributed by atoms with van der Waals surface area (Å²) in [6.45, 7) is 0.231. The monoisotopic (exact) mass is 588 g/mol. The predicted octanol–water partition coefficient (Wildman–Crippen LogP) is 3.61. The zero-order chi connectivity index (χ0) is 30.4. The molecule has 0 saturated heterocycles. The lowest BCUT2D eigenvalue weighted by Crippen LogP contribution is -2.44. The molecule has 5 N–H and O–H groups in total. The predicted molar refractivity (Wildman–Crippen MR) is 163 cm³/mol. The number of primary amides is 1. The van der Waals surface area contributed by atoms with Gasteiger partial charge in [0.2, 0.25) is 5.91 Å². The molecule has 11 nitrogen and oxygen atoms in total. The fourth-order valence-electron chi connectivity index (χ4n) is 4.35. The van der Waals surface area contributed by atoms with Crippen molar-refractivity contribution in [1.82, 2.24) is 9.69 Å². The van der Waals surface area contributed by atoms with Gasteiger partial charge in [0.1, 0.15) is 10.9 Å². The summed E-state index contributed by atoms with van der Waals surface area (Å²) in [5, 5.41) is 2.96. The van der Waals surface area contributed by atoms with Crippen LogP contribution in [-0.4, -0.2) is 50.4 Å². The number of carbonyl (C=O) groups is 3. The van der Waals surface area contributed by atoms with Crippen LogP contribution < -0.4 is 36.1 Å². The number of benzene rings is 3. The molecule has 0 radical (unpaired) electrons. The second-order valence-electron chi connectivity index (χ2n) is 9.44. The lowest BCUT2D eigenvalue weighted by molar-refractivity contribution is -0.122. The molecule has 218 valence electrons. The minimum Gasteiger partial charge on any atom is -0.493 e. The summed E-state index contributed by atoms with van der Waals surface area (Å²) in [5.74, 6) is -1.19. The van der Waals surface area contributed by atoms with Gasteiger partial charge < -0.3 is 31.2 Å². The van der Waals surface area contributed by atoms with E-state index in [1.165, 1.54) is 19.1 Å². The maximum atomic E-state index is 14.3. The van der Waals surface area contributed by atoms with Crippen molar-refractivity contribution in [2.24, 2.45) is 5.73 Å². The number of nitrogens with zero attached hydrogens (tertiary/aromatic N) is 3.